The van der Waals surface area contributed by atoms with Gasteiger partial charge in [-0.25, -0.2) is 5.10 Å². The van der Waals surface area contributed by atoms with Crippen molar-refractivity contribution in [3.05, 3.63) is 29.8 Å². The molecule has 2 rings (SSSR count). The lowest BCUT2D eigenvalue weighted by molar-refractivity contribution is 0.852. The Kier molecular flexibility index (Phi) is 4.16. The van der Waals surface area contributed by atoms with Crippen molar-refractivity contribution in [1.29, 1.82) is 0 Å². The molecule has 0 aliphatic heterocycles. The number of rotatable bonds is 6. The highest BCUT2D eigenvalue weighted by Gasteiger charge is 2.02. The molecule has 0 aliphatic rings. The monoisotopic (exact) mass is 262 g/mol. The van der Waals surface area contributed by atoms with Gasteiger partial charge in [0.05, 0.1) is 0 Å². The fourth-order valence-electron chi connectivity index (χ4n) is 1.56. The van der Waals surface area contributed by atoms with Crippen molar-refractivity contribution in [2.45, 2.75) is 6.54 Å². The summed E-state index contributed by atoms with van der Waals surface area (Å²) in [5, 5.41) is 9.78. The number of H-pyrrole nitrogens is 1. The average Bonchev–Trinajstić information content (AvgIpc) is 2.85. The predicted octanol–water partition coefficient (Wildman–Crippen LogP) is 0.273. The normalized spacial score (nSPS) is 10.3. The molecule has 6 N–H and O–H groups in total. The minimum Gasteiger partial charge on any atom is -0.378 e. The summed E-state index contributed by atoms with van der Waals surface area (Å²) in [4.78, 5) is 6.18. The summed E-state index contributed by atoms with van der Waals surface area (Å²) < 4.78 is 0. The molecule has 0 saturated heterocycles. The van der Waals surface area contributed by atoms with Crippen LogP contribution in [0.15, 0.2) is 24.3 Å². The highest BCUT2D eigenvalue weighted by atomic mass is 15.6. The van der Waals surface area contributed by atoms with Crippen LogP contribution in [-0.4, -0.2) is 29.3 Å². The van der Waals surface area contributed by atoms with E-state index in [0.29, 0.717) is 18.4 Å². The van der Waals surface area contributed by atoms with Gasteiger partial charge in [-0.2, -0.15) is 10.5 Å². The lowest BCUT2D eigenvalue weighted by Crippen LogP contribution is -2.29. The Morgan fingerprint density at radius 2 is 2.00 bits per heavy atom. The standard InChI is InChI=1S/C11H18N8/c1-19(2)9-5-3-8(4-6-9)7-13-10-14-11(16-15-10)17-18-12/h3-6,18H,7,12H2,1-2H3,(H3,13,14,15,16,17). The van der Waals surface area contributed by atoms with Crippen LogP contribution in [0.5, 0.6) is 0 Å². The summed E-state index contributed by atoms with van der Waals surface area (Å²) in [5.74, 6) is 6.06. The maximum absolute atomic E-state index is 5.10. The number of nitrogens with one attached hydrogen (secondary N) is 4. The number of hydrazine groups is 2. The van der Waals surface area contributed by atoms with E-state index in [1.165, 1.54) is 5.69 Å². The molecule has 0 spiro atoms. The maximum atomic E-state index is 5.10. The van der Waals surface area contributed by atoms with E-state index < -0.39 is 0 Å². The Labute approximate surface area is 111 Å². The quantitative estimate of drug-likeness (QED) is 0.376. The summed E-state index contributed by atoms with van der Waals surface area (Å²) in [7, 11) is 4.03. The summed E-state index contributed by atoms with van der Waals surface area (Å²) >= 11 is 0. The minimum atomic E-state index is 0.452. The topological polar surface area (TPSA) is 107 Å². The molecule has 19 heavy (non-hydrogen) atoms. The van der Waals surface area contributed by atoms with Crippen molar-refractivity contribution in [3.63, 3.8) is 0 Å². The van der Waals surface area contributed by atoms with Gasteiger partial charge in [0.25, 0.3) is 0 Å². The predicted molar refractivity (Wildman–Crippen MR) is 75.4 cm³/mol. The molecular formula is C11H18N8. The van der Waals surface area contributed by atoms with Crippen LogP contribution in [-0.2, 0) is 6.54 Å². The molecule has 1 aromatic heterocycles. The van der Waals surface area contributed by atoms with Gasteiger partial charge in [-0.05, 0) is 17.7 Å². The van der Waals surface area contributed by atoms with Gasteiger partial charge in [-0.15, -0.1) is 5.10 Å². The maximum Gasteiger partial charge on any atom is 0.243 e. The van der Waals surface area contributed by atoms with Crippen molar-refractivity contribution in [2.75, 3.05) is 29.7 Å². The van der Waals surface area contributed by atoms with Gasteiger partial charge in [-0.1, -0.05) is 12.1 Å². The van der Waals surface area contributed by atoms with Gasteiger partial charge in [-0.3, -0.25) is 11.3 Å². The van der Waals surface area contributed by atoms with Crippen LogP contribution < -0.4 is 27.0 Å². The smallest absolute Gasteiger partial charge is 0.243 e. The third-order valence-corrected chi connectivity index (χ3v) is 2.58. The number of hydrogen-bond donors (Lipinski definition) is 5. The number of aromatic amines is 1. The largest absolute Gasteiger partial charge is 0.378 e. The summed E-state index contributed by atoms with van der Waals surface area (Å²) in [5.41, 5.74) is 7.19. The van der Waals surface area contributed by atoms with Crippen LogP contribution in [0, 0.1) is 0 Å². The summed E-state index contributed by atoms with van der Waals surface area (Å²) in [6.45, 7) is 0.654. The Morgan fingerprint density at radius 3 is 2.63 bits per heavy atom. The third kappa shape index (κ3) is 3.57. The van der Waals surface area contributed by atoms with Gasteiger partial charge >= 0.3 is 0 Å². The van der Waals surface area contributed by atoms with Crippen molar-refractivity contribution >= 4 is 17.6 Å². The third-order valence-electron chi connectivity index (χ3n) is 2.58. The molecule has 1 heterocycles. The molecule has 8 heteroatoms. The summed E-state index contributed by atoms with van der Waals surface area (Å²) in [6.07, 6.45) is 0. The number of anilines is 3. The lowest BCUT2D eigenvalue weighted by Gasteiger charge is -2.12. The van der Waals surface area contributed by atoms with Crippen LogP contribution in [0.25, 0.3) is 0 Å². The van der Waals surface area contributed by atoms with E-state index in [1.54, 1.807) is 0 Å². The average molecular weight is 262 g/mol. The molecule has 0 atom stereocenters. The number of nitrogens with two attached hydrogens (primary N) is 1. The summed E-state index contributed by atoms with van der Waals surface area (Å²) in [6, 6.07) is 8.27. The van der Waals surface area contributed by atoms with Crippen LogP contribution in [0.1, 0.15) is 5.56 Å². The van der Waals surface area contributed by atoms with Crippen molar-refractivity contribution in [2.24, 2.45) is 5.84 Å². The van der Waals surface area contributed by atoms with E-state index in [0.717, 1.165) is 5.56 Å². The molecule has 0 amide bonds. The second-order valence-corrected chi connectivity index (χ2v) is 4.19. The molecule has 0 saturated carbocycles. The molecule has 0 fully saturated rings. The molecule has 0 bridgehead atoms. The van der Waals surface area contributed by atoms with Crippen LogP contribution in [0.4, 0.5) is 17.6 Å². The van der Waals surface area contributed by atoms with Gasteiger partial charge in [0.1, 0.15) is 0 Å². The molecule has 0 aliphatic carbocycles. The number of aromatic nitrogens is 3. The zero-order valence-corrected chi connectivity index (χ0v) is 10.9. The van der Waals surface area contributed by atoms with Gasteiger partial charge < -0.3 is 10.2 Å². The van der Waals surface area contributed by atoms with E-state index in [9.17, 15) is 0 Å². The second-order valence-electron chi connectivity index (χ2n) is 4.19. The molecule has 1 aromatic carbocycles. The first-order chi connectivity index (χ1) is 9.19. The molecule has 0 unspecified atom stereocenters. The minimum absolute atomic E-state index is 0.452. The number of benzene rings is 1. The highest BCUT2D eigenvalue weighted by molar-refractivity contribution is 5.46. The molecule has 102 valence electrons. The molecule has 2 aromatic rings. The Morgan fingerprint density at radius 1 is 1.26 bits per heavy atom. The Bertz CT molecular complexity index is 504. The van der Waals surface area contributed by atoms with Crippen LogP contribution in [0.2, 0.25) is 0 Å². The van der Waals surface area contributed by atoms with Gasteiger partial charge in [0, 0.05) is 26.3 Å². The molecular weight excluding hydrogens is 244 g/mol. The molecule has 0 radical (unpaired) electrons. The van der Waals surface area contributed by atoms with E-state index in [-0.39, 0.29) is 0 Å². The van der Waals surface area contributed by atoms with Gasteiger partial charge in [0.15, 0.2) is 0 Å². The second kappa shape index (κ2) is 6.03. The van der Waals surface area contributed by atoms with Crippen LogP contribution >= 0.6 is 0 Å². The van der Waals surface area contributed by atoms with Crippen molar-refractivity contribution in [1.82, 2.24) is 20.7 Å². The lowest BCUT2D eigenvalue weighted by atomic mass is 10.2. The van der Waals surface area contributed by atoms with Gasteiger partial charge in [0.2, 0.25) is 11.9 Å². The zero-order chi connectivity index (χ0) is 13.7. The van der Waals surface area contributed by atoms with Crippen LogP contribution in [0.3, 0.4) is 0 Å². The number of hydrogen-bond acceptors (Lipinski definition) is 7. The van der Waals surface area contributed by atoms with Crippen molar-refractivity contribution in [3.8, 4) is 0 Å². The Hall–Kier alpha value is -2.32. The number of nitrogens with zero attached hydrogens (tertiary/aromatic N) is 3. The highest BCUT2D eigenvalue weighted by Crippen LogP contribution is 2.13. The molecule has 8 nitrogen and oxygen atoms in total. The first kappa shape index (κ1) is 13.1. The first-order valence-electron chi connectivity index (χ1n) is 5.83. The first-order valence-corrected chi connectivity index (χ1v) is 5.83. The Balaban J connectivity index is 1.90. The fourth-order valence-corrected chi connectivity index (χ4v) is 1.56. The van der Waals surface area contributed by atoms with E-state index in [4.69, 9.17) is 5.84 Å². The fraction of sp³-hybridized carbons (Fsp3) is 0.273. The van der Waals surface area contributed by atoms with E-state index >= 15 is 0 Å². The van der Waals surface area contributed by atoms with Crippen molar-refractivity contribution < 1.29 is 0 Å². The van der Waals surface area contributed by atoms with E-state index in [2.05, 4.69) is 60.6 Å². The van der Waals surface area contributed by atoms with E-state index in [1.807, 2.05) is 14.1 Å². The SMILES string of the molecule is CN(C)c1ccc(CNc2n[nH]c(NNN)n2)cc1. The zero-order valence-electron chi connectivity index (χ0n) is 10.9.